The molecule has 1 aromatic heterocycles. The fourth-order valence-electron chi connectivity index (χ4n) is 4.51. The van der Waals surface area contributed by atoms with Crippen LogP contribution in [0, 0.1) is 0 Å². The van der Waals surface area contributed by atoms with E-state index < -0.39 is 18.5 Å². The predicted molar refractivity (Wildman–Crippen MR) is 151 cm³/mol. The van der Waals surface area contributed by atoms with E-state index in [1.807, 2.05) is 50.2 Å². The van der Waals surface area contributed by atoms with Crippen LogP contribution in [0.5, 0.6) is 17.2 Å². The van der Waals surface area contributed by atoms with Gasteiger partial charge in [0.2, 0.25) is 5.75 Å². The van der Waals surface area contributed by atoms with Crippen molar-refractivity contribution in [3.05, 3.63) is 77.4 Å². The molecule has 8 heteroatoms. The van der Waals surface area contributed by atoms with E-state index in [2.05, 4.69) is 5.32 Å². The van der Waals surface area contributed by atoms with Crippen LogP contribution in [0.2, 0.25) is 0 Å². The van der Waals surface area contributed by atoms with Gasteiger partial charge >= 0.3 is 5.97 Å². The van der Waals surface area contributed by atoms with Gasteiger partial charge in [-0.2, -0.15) is 0 Å². The number of carbonyl (C=O) groups is 2. The summed E-state index contributed by atoms with van der Waals surface area (Å²) in [6.07, 6.45) is 1.55. The molecule has 0 unspecified atom stereocenters. The molecule has 4 rings (SSSR count). The number of hydrogen-bond acceptors (Lipinski definition) is 7. The van der Waals surface area contributed by atoms with Gasteiger partial charge in [-0.25, -0.2) is 9.78 Å². The Morgan fingerprint density at radius 1 is 0.821 bits per heavy atom. The summed E-state index contributed by atoms with van der Waals surface area (Å²) in [5.41, 5.74) is 4.90. The fourth-order valence-corrected chi connectivity index (χ4v) is 4.51. The van der Waals surface area contributed by atoms with Crippen molar-refractivity contribution < 1.29 is 28.5 Å². The van der Waals surface area contributed by atoms with Crippen molar-refractivity contribution in [3.63, 3.8) is 0 Å². The van der Waals surface area contributed by atoms with Crippen molar-refractivity contribution in [3.8, 4) is 28.5 Å². The number of pyridine rings is 1. The minimum atomic E-state index is -0.628. The van der Waals surface area contributed by atoms with Crippen LogP contribution in [0.1, 0.15) is 35.3 Å². The van der Waals surface area contributed by atoms with Gasteiger partial charge in [0.05, 0.1) is 38.1 Å². The number of aryl methyl sites for hydroxylation is 2. The maximum absolute atomic E-state index is 13.3. The average Bonchev–Trinajstić information content (AvgIpc) is 2.98. The maximum Gasteiger partial charge on any atom is 0.339 e. The molecule has 0 aliphatic rings. The van der Waals surface area contributed by atoms with Gasteiger partial charge in [0, 0.05) is 16.6 Å². The van der Waals surface area contributed by atoms with E-state index in [0.29, 0.717) is 45.0 Å². The second-order valence-electron chi connectivity index (χ2n) is 8.77. The quantitative estimate of drug-likeness (QED) is 0.258. The van der Waals surface area contributed by atoms with Crippen LogP contribution in [0.25, 0.3) is 22.2 Å². The number of fused-ring (bicyclic) bond motifs is 1. The van der Waals surface area contributed by atoms with E-state index in [4.69, 9.17) is 23.9 Å². The summed E-state index contributed by atoms with van der Waals surface area (Å²) in [5, 5.41) is 3.54. The van der Waals surface area contributed by atoms with Crippen molar-refractivity contribution in [1.29, 1.82) is 0 Å². The number of methoxy groups -OCH3 is 3. The standard InChI is InChI=1S/C31H32N2O6/c1-6-19-11-10-12-20(7-2)29(19)33-28(34)18-39-31(35)23-17-25(32-24-14-9-8-13-22(23)24)21-15-26(36-3)30(38-5)27(16-21)37-4/h8-17H,6-7,18H2,1-5H3,(H,33,34). The number of hydrogen-bond donors (Lipinski definition) is 1. The molecule has 1 N–H and O–H groups in total. The maximum atomic E-state index is 13.3. The molecule has 3 aromatic carbocycles. The van der Waals surface area contributed by atoms with Crippen molar-refractivity contribution in [2.24, 2.45) is 0 Å². The number of ether oxygens (including phenoxy) is 4. The number of aromatic nitrogens is 1. The summed E-state index contributed by atoms with van der Waals surface area (Å²) in [6, 6.07) is 18.4. The largest absolute Gasteiger partial charge is 0.493 e. The molecule has 0 saturated carbocycles. The van der Waals surface area contributed by atoms with Crippen LogP contribution >= 0.6 is 0 Å². The highest BCUT2D eigenvalue weighted by Gasteiger charge is 2.20. The lowest BCUT2D eigenvalue weighted by Crippen LogP contribution is -2.22. The lowest BCUT2D eigenvalue weighted by atomic mass is 10.0. The Balaban J connectivity index is 1.64. The zero-order valence-electron chi connectivity index (χ0n) is 22.8. The smallest absolute Gasteiger partial charge is 0.339 e. The van der Waals surface area contributed by atoms with Crippen LogP contribution in [0.15, 0.2) is 60.7 Å². The number of nitrogens with zero attached hydrogens (tertiary/aromatic N) is 1. The highest BCUT2D eigenvalue weighted by Crippen LogP contribution is 2.41. The molecule has 0 bridgehead atoms. The second kappa shape index (κ2) is 12.3. The van der Waals surface area contributed by atoms with Crippen molar-refractivity contribution in [2.75, 3.05) is 33.3 Å². The topological polar surface area (TPSA) is 96.0 Å². The van der Waals surface area contributed by atoms with Crippen LogP contribution in [-0.4, -0.2) is 44.8 Å². The first-order valence-corrected chi connectivity index (χ1v) is 12.7. The second-order valence-corrected chi connectivity index (χ2v) is 8.77. The third kappa shape index (κ3) is 5.80. The Hall–Kier alpha value is -4.59. The molecule has 8 nitrogen and oxygen atoms in total. The van der Waals surface area contributed by atoms with Gasteiger partial charge in [-0.3, -0.25) is 4.79 Å². The van der Waals surface area contributed by atoms with Crippen LogP contribution < -0.4 is 19.5 Å². The van der Waals surface area contributed by atoms with Crippen molar-refractivity contribution in [2.45, 2.75) is 26.7 Å². The molecule has 0 saturated heterocycles. The molecule has 0 spiro atoms. The zero-order chi connectivity index (χ0) is 27.9. The number of para-hydroxylation sites is 2. The number of carbonyl (C=O) groups excluding carboxylic acids is 2. The molecule has 0 radical (unpaired) electrons. The number of benzene rings is 3. The summed E-state index contributed by atoms with van der Waals surface area (Å²) >= 11 is 0. The third-order valence-corrected chi connectivity index (χ3v) is 6.49. The third-order valence-electron chi connectivity index (χ3n) is 6.49. The van der Waals surface area contributed by atoms with E-state index in [-0.39, 0.29) is 0 Å². The lowest BCUT2D eigenvalue weighted by molar-refractivity contribution is -0.119. The number of esters is 1. The molecular weight excluding hydrogens is 496 g/mol. The molecule has 202 valence electrons. The van der Waals surface area contributed by atoms with Crippen molar-refractivity contribution in [1.82, 2.24) is 4.98 Å². The Labute approximate surface area is 227 Å². The minimum Gasteiger partial charge on any atom is -0.493 e. The molecule has 1 heterocycles. The van der Waals surface area contributed by atoms with E-state index in [1.165, 1.54) is 21.3 Å². The number of amides is 1. The van der Waals surface area contributed by atoms with E-state index in [9.17, 15) is 9.59 Å². The first-order valence-electron chi connectivity index (χ1n) is 12.7. The Bertz CT molecular complexity index is 1470. The van der Waals surface area contributed by atoms with Gasteiger partial charge in [0.1, 0.15) is 0 Å². The van der Waals surface area contributed by atoms with Crippen LogP contribution in [0.4, 0.5) is 5.69 Å². The zero-order valence-corrected chi connectivity index (χ0v) is 22.8. The summed E-state index contributed by atoms with van der Waals surface area (Å²) in [6.45, 7) is 3.64. The highest BCUT2D eigenvalue weighted by molar-refractivity contribution is 6.05. The van der Waals surface area contributed by atoms with E-state index in [1.54, 1.807) is 24.3 Å². The normalized spacial score (nSPS) is 10.7. The van der Waals surface area contributed by atoms with Crippen LogP contribution in [-0.2, 0) is 22.4 Å². The molecule has 0 aliphatic heterocycles. The Morgan fingerprint density at radius 2 is 1.46 bits per heavy atom. The predicted octanol–water partition coefficient (Wildman–Crippen LogP) is 5.85. The minimum absolute atomic E-state index is 0.292. The first kappa shape index (κ1) is 27.4. The summed E-state index contributed by atoms with van der Waals surface area (Å²) < 4.78 is 21.9. The summed E-state index contributed by atoms with van der Waals surface area (Å²) in [7, 11) is 4.60. The van der Waals surface area contributed by atoms with Gasteiger partial charge in [-0.05, 0) is 48.2 Å². The number of rotatable bonds is 10. The first-order chi connectivity index (χ1) is 18.9. The Kier molecular flexibility index (Phi) is 8.66. The lowest BCUT2D eigenvalue weighted by Gasteiger charge is -2.15. The molecule has 4 aromatic rings. The van der Waals surface area contributed by atoms with Gasteiger partial charge in [0.15, 0.2) is 18.1 Å². The van der Waals surface area contributed by atoms with Gasteiger partial charge in [-0.1, -0.05) is 50.2 Å². The Morgan fingerprint density at radius 3 is 2.05 bits per heavy atom. The van der Waals surface area contributed by atoms with Crippen LogP contribution in [0.3, 0.4) is 0 Å². The van der Waals surface area contributed by atoms with Gasteiger partial charge in [0.25, 0.3) is 5.91 Å². The molecule has 1 amide bonds. The molecule has 39 heavy (non-hydrogen) atoms. The van der Waals surface area contributed by atoms with E-state index >= 15 is 0 Å². The average molecular weight is 529 g/mol. The number of anilines is 1. The fraction of sp³-hybridized carbons (Fsp3) is 0.258. The molecular formula is C31H32N2O6. The highest BCUT2D eigenvalue weighted by atomic mass is 16.5. The molecule has 0 atom stereocenters. The van der Waals surface area contributed by atoms with Gasteiger partial charge in [-0.15, -0.1) is 0 Å². The summed E-state index contributed by atoms with van der Waals surface area (Å²) in [4.78, 5) is 30.8. The SMILES string of the molecule is CCc1cccc(CC)c1NC(=O)COC(=O)c1cc(-c2cc(OC)c(OC)c(OC)c2)nc2ccccc12. The van der Waals surface area contributed by atoms with Gasteiger partial charge < -0.3 is 24.3 Å². The van der Waals surface area contributed by atoms with Crippen molar-refractivity contribution >= 4 is 28.5 Å². The molecule has 0 aliphatic carbocycles. The number of nitrogens with one attached hydrogen (secondary N) is 1. The molecule has 0 fully saturated rings. The summed E-state index contributed by atoms with van der Waals surface area (Å²) in [5.74, 6) is 0.341. The monoisotopic (exact) mass is 528 g/mol. The van der Waals surface area contributed by atoms with E-state index in [0.717, 1.165) is 29.7 Å².